The number of thiazole rings is 1. The number of benzene rings is 1. The largest absolute Gasteiger partial charge is 0.296 e. The smallest absolute Gasteiger partial charge is 0.171 e. The Morgan fingerprint density at radius 1 is 1.42 bits per heavy atom. The fourth-order valence-corrected chi connectivity index (χ4v) is 2.69. The molecule has 2 aromatic rings. The Kier molecular flexibility index (Phi) is 4.54. The van der Waals surface area contributed by atoms with Gasteiger partial charge in [0.15, 0.2) is 11.7 Å². The van der Waals surface area contributed by atoms with E-state index in [1.54, 1.807) is 12.1 Å². The maximum atomic E-state index is 11.5. The summed E-state index contributed by atoms with van der Waals surface area (Å²) in [5.41, 5.74) is 1.61. The van der Waals surface area contributed by atoms with Crippen LogP contribution >= 0.6 is 34.5 Å². The lowest BCUT2D eigenvalue weighted by Crippen LogP contribution is -2.11. The number of carbonyl (C=O) groups is 1. The van der Waals surface area contributed by atoms with Gasteiger partial charge in [0.1, 0.15) is 5.01 Å². The van der Waals surface area contributed by atoms with Crippen LogP contribution in [0.4, 0.5) is 0 Å². The second kappa shape index (κ2) is 6.16. The first kappa shape index (κ1) is 14.0. The number of carbonyl (C=O) groups excluding carboxylic acids is 1. The van der Waals surface area contributed by atoms with Gasteiger partial charge >= 0.3 is 0 Å². The van der Waals surface area contributed by atoms with Gasteiger partial charge in [0, 0.05) is 16.0 Å². The van der Waals surface area contributed by atoms with Crippen molar-refractivity contribution in [1.82, 2.24) is 4.98 Å². The average Bonchev–Trinajstić information content (AvgIpc) is 2.89. The Morgan fingerprint density at radius 3 is 2.68 bits per heavy atom. The van der Waals surface area contributed by atoms with Crippen LogP contribution in [0.2, 0.25) is 5.02 Å². The predicted molar refractivity (Wildman–Crippen MR) is 76.6 cm³/mol. The van der Waals surface area contributed by atoms with Crippen molar-refractivity contribution in [2.24, 2.45) is 0 Å². The van der Waals surface area contributed by atoms with Crippen molar-refractivity contribution >= 4 is 40.3 Å². The van der Waals surface area contributed by atoms with E-state index in [0.717, 1.165) is 11.3 Å². The van der Waals surface area contributed by atoms with Gasteiger partial charge in [-0.25, -0.2) is 4.98 Å². The van der Waals surface area contributed by atoms with E-state index >= 15 is 0 Å². The quantitative estimate of drug-likeness (QED) is 0.805. The van der Waals surface area contributed by atoms with Crippen LogP contribution in [0.1, 0.15) is 10.9 Å². The molecular formula is C13H8Cl2N2OS. The zero-order valence-electron chi connectivity index (χ0n) is 9.64. The minimum atomic E-state index is -0.886. The van der Waals surface area contributed by atoms with Crippen molar-refractivity contribution in [2.75, 3.05) is 5.88 Å². The number of hydrogen-bond acceptors (Lipinski definition) is 4. The molecule has 19 heavy (non-hydrogen) atoms. The summed E-state index contributed by atoms with van der Waals surface area (Å²) in [5.74, 6) is -1.40. The van der Waals surface area contributed by atoms with Gasteiger partial charge < -0.3 is 0 Å². The van der Waals surface area contributed by atoms with Crippen LogP contribution in [0.25, 0.3) is 11.3 Å². The van der Waals surface area contributed by atoms with E-state index in [9.17, 15) is 4.79 Å². The molecule has 0 fully saturated rings. The minimum absolute atomic E-state index is 0.186. The molecule has 0 saturated heterocycles. The van der Waals surface area contributed by atoms with Crippen LogP contribution < -0.4 is 0 Å². The Balaban J connectivity index is 2.31. The molecule has 0 spiro atoms. The summed E-state index contributed by atoms with van der Waals surface area (Å²) in [5, 5.41) is 11.9. The number of alkyl halides is 1. The van der Waals surface area contributed by atoms with Gasteiger partial charge in [0.25, 0.3) is 0 Å². The molecule has 0 unspecified atom stereocenters. The van der Waals surface area contributed by atoms with Gasteiger partial charge in [-0.05, 0) is 12.1 Å². The zero-order valence-corrected chi connectivity index (χ0v) is 12.0. The molecule has 0 amide bonds. The van der Waals surface area contributed by atoms with Gasteiger partial charge in [-0.1, -0.05) is 23.7 Å². The van der Waals surface area contributed by atoms with Gasteiger partial charge in [0.2, 0.25) is 0 Å². The Morgan fingerprint density at radius 2 is 2.11 bits per heavy atom. The average molecular weight is 311 g/mol. The van der Waals surface area contributed by atoms with Crippen molar-refractivity contribution in [3.05, 3.63) is 39.7 Å². The number of hydrogen-bond donors (Lipinski definition) is 0. The lowest BCUT2D eigenvalue weighted by Gasteiger charge is -2.01. The highest BCUT2D eigenvalue weighted by atomic mass is 35.5. The molecule has 6 heteroatoms. The van der Waals surface area contributed by atoms with Crippen LogP contribution in [-0.4, -0.2) is 16.6 Å². The molecule has 0 aliphatic heterocycles. The summed E-state index contributed by atoms with van der Waals surface area (Å²) in [6.45, 7) is 0. The van der Waals surface area contributed by atoms with Crippen LogP contribution in [0.15, 0.2) is 29.6 Å². The van der Waals surface area contributed by atoms with Gasteiger partial charge in [-0.15, -0.1) is 22.9 Å². The fraction of sp³-hybridized carbons (Fsp3) is 0.154. The van der Waals surface area contributed by atoms with Crippen molar-refractivity contribution in [2.45, 2.75) is 5.92 Å². The molecule has 0 N–H and O–H groups in total. The molecule has 3 nitrogen and oxygen atoms in total. The van der Waals surface area contributed by atoms with E-state index in [0.29, 0.717) is 10.0 Å². The molecule has 0 saturated carbocycles. The van der Waals surface area contributed by atoms with Crippen molar-refractivity contribution in [3.8, 4) is 17.3 Å². The molecule has 0 aliphatic rings. The number of nitriles is 1. The number of aromatic nitrogens is 1. The molecular weight excluding hydrogens is 303 g/mol. The topological polar surface area (TPSA) is 53.8 Å². The first-order valence-electron chi connectivity index (χ1n) is 5.35. The number of Topliss-reactive ketones (excluding diaryl/α,β-unsaturated/α-hetero) is 1. The number of ketones is 1. The van der Waals surface area contributed by atoms with E-state index in [4.69, 9.17) is 28.5 Å². The summed E-state index contributed by atoms with van der Waals surface area (Å²) in [7, 11) is 0. The summed E-state index contributed by atoms with van der Waals surface area (Å²) in [6.07, 6.45) is 0. The highest BCUT2D eigenvalue weighted by Gasteiger charge is 2.22. The second-order valence-electron chi connectivity index (χ2n) is 3.74. The summed E-state index contributed by atoms with van der Waals surface area (Å²) in [6, 6.07) is 9.15. The summed E-state index contributed by atoms with van der Waals surface area (Å²) >= 11 is 12.6. The molecule has 0 aliphatic carbocycles. The Bertz CT molecular complexity index is 631. The van der Waals surface area contributed by atoms with Gasteiger partial charge in [-0.3, -0.25) is 4.79 Å². The first-order chi connectivity index (χ1) is 9.15. The lowest BCUT2D eigenvalue weighted by atomic mass is 10.1. The van der Waals surface area contributed by atoms with E-state index in [1.165, 1.54) is 11.3 Å². The molecule has 1 atom stereocenters. The van der Waals surface area contributed by atoms with Crippen molar-refractivity contribution < 1.29 is 4.79 Å². The third-order valence-electron chi connectivity index (χ3n) is 2.49. The van der Waals surface area contributed by atoms with E-state index in [2.05, 4.69) is 4.98 Å². The van der Waals surface area contributed by atoms with E-state index in [-0.39, 0.29) is 11.7 Å². The Labute approximate surface area is 124 Å². The second-order valence-corrected chi connectivity index (χ2v) is 5.33. The maximum Gasteiger partial charge on any atom is 0.171 e. The van der Waals surface area contributed by atoms with E-state index in [1.807, 2.05) is 23.6 Å². The maximum absolute atomic E-state index is 11.5. The van der Waals surface area contributed by atoms with Crippen molar-refractivity contribution in [3.63, 3.8) is 0 Å². The zero-order chi connectivity index (χ0) is 13.8. The van der Waals surface area contributed by atoms with Crippen LogP contribution in [0.3, 0.4) is 0 Å². The van der Waals surface area contributed by atoms with Crippen LogP contribution in [-0.2, 0) is 4.79 Å². The molecule has 0 bridgehead atoms. The standard InChI is InChI=1S/C13H8Cl2N2OS/c14-5-12(18)10(6-16)13-17-11(7-19-13)8-1-3-9(15)4-2-8/h1-4,7,10H,5H2/t10-/m1/s1. The third-order valence-corrected chi connectivity index (χ3v) is 3.92. The minimum Gasteiger partial charge on any atom is -0.296 e. The normalized spacial score (nSPS) is 11.8. The van der Waals surface area contributed by atoms with Gasteiger partial charge in [0.05, 0.1) is 17.6 Å². The summed E-state index contributed by atoms with van der Waals surface area (Å²) in [4.78, 5) is 15.9. The summed E-state index contributed by atoms with van der Waals surface area (Å²) < 4.78 is 0. The predicted octanol–water partition coefficient (Wildman–Crippen LogP) is 3.88. The van der Waals surface area contributed by atoms with Crippen LogP contribution in [0.5, 0.6) is 0 Å². The van der Waals surface area contributed by atoms with E-state index < -0.39 is 5.92 Å². The van der Waals surface area contributed by atoms with Gasteiger partial charge in [-0.2, -0.15) is 5.26 Å². The number of halogens is 2. The monoisotopic (exact) mass is 310 g/mol. The SMILES string of the molecule is N#C[C@H](C(=O)CCl)c1nc(-c2ccc(Cl)cc2)cs1. The molecule has 1 aromatic heterocycles. The van der Waals surface area contributed by atoms with Crippen molar-refractivity contribution in [1.29, 1.82) is 5.26 Å². The first-order valence-corrected chi connectivity index (χ1v) is 7.14. The molecule has 1 heterocycles. The highest BCUT2D eigenvalue weighted by molar-refractivity contribution is 7.10. The molecule has 1 aromatic carbocycles. The number of nitrogens with zero attached hydrogens (tertiary/aromatic N) is 2. The number of rotatable bonds is 4. The third kappa shape index (κ3) is 3.13. The fourth-order valence-electron chi connectivity index (χ4n) is 1.52. The molecule has 2 rings (SSSR count). The lowest BCUT2D eigenvalue weighted by molar-refractivity contribution is -0.117. The highest BCUT2D eigenvalue weighted by Crippen LogP contribution is 2.27. The Hall–Kier alpha value is -1.41. The van der Waals surface area contributed by atoms with Crippen LogP contribution in [0, 0.1) is 11.3 Å². The molecule has 96 valence electrons. The molecule has 0 radical (unpaired) electrons.